The summed E-state index contributed by atoms with van der Waals surface area (Å²) < 4.78 is -0.324. The Bertz CT molecular complexity index is 155. The number of hydrogen-bond donors (Lipinski definition) is 1. The molecule has 3 nitrogen and oxygen atoms in total. The molecule has 0 saturated heterocycles. The van der Waals surface area contributed by atoms with Gasteiger partial charge in [0.1, 0.15) is 0 Å². The van der Waals surface area contributed by atoms with E-state index >= 15 is 0 Å². The molecule has 0 fully saturated rings. The van der Waals surface area contributed by atoms with Crippen LogP contribution in [-0.2, 0) is 342 Å². The molecule has 0 atom stereocenters. The fourth-order valence-electron chi connectivity index (χ4n) is 0.0437. The van der Waals surface area contributed by atoms with Gasteiger partial charge in [-0.05, 0) is 0 Å². The van der Waals surface area contributed by atoms with Crippen LogP contribution in [0.1, 0.15) is 0 Å². The van der Waals surface area contributed by atoms with Crippen molar-refractivity contribution < 1.29 is 347 Å². The van der Waals surface area contributed by atoms with Crippen LogP contribution in [-0.4, -0.2) is 21.2 Å². The molecule has 0 spiro atoms. The quantitative estimate of drug-likeness (QED) is 0.289. The Kier molecular flexibility index (Phi) is 467. The minimum atomic E-state index is -0.699. The van der Waals surface area contributed by atoms with Crippen LogP contribution in [0.25, 0.3) is 5.41 Å². The zero-order chi connectivity index (χ0) is 9.86. The third-order valence-electron chi connectivity index (χ3n) is 0.299. The Morgan fingerprint density at radius 2 is 0.783 bits per heavy atom. The summed E-state index contributed by atoms with van der Waals surface area (Å²) >= 11 is 7.32. The van der Waals surface area contributed by atoms with Crippen molar-refractivity contribution in [1.82, 2.24) is 0 Å². The van der Waals surface area contributed by atoms with E-state index < -0.39 is 5.71 Å². The van der Waals surface area contributed by atoms with Gasteiger partial charge >= 0.3 is 116 Å². The first-order chi connectivity index (χ1) is 5.18. The molecule has 0 aliphatic carbocycles. The molecule has 0 bridgehead atoms. The summed E-state index contributed by atoms with van der Waals surface area (Å²) in [5.74, 6) is 0. The number of rotatable bonds is 2. The van der Waals surface area contributed by atoms with Crippen LogP contribution in [0.15, 0.2) is 0 Å². The number of aliphatic hydroxyl groups excluding tert-OH is 1. The first-order valence-electron chi connectivity index (χ1n) is 1.69. The molecule has 23 heavy (non-hydrogen) atoms. The number of nitrogens with zero attached hydrogens (tertiary/aromatic N) is 1. The van der Waals surface area contributed by atoms with Crippen LogP contribution in [0.5, 0.6) is 0 Å². The molecule has 0 aliphatic rings. The third-order valence-corrected chi connectivity index (χ3v) is 0.994. The monoisotopic (exact) mass is 3210 g/mol. The van der Waals surface area contributed by atoms with E-state index in [4.69, 9.17) is 10.5 Å². The summed E-state index contributed by atoms with van der Waals surface area (Å²) in [7, 11) is 0. The summed E-state index contributed by atoms with van der Waals surface area (Å²) in [6.07, 6.45) is 1.12. The first kappa shape index (κ1) is 103. The SMILES string of the molecule is [N-]=C([C-]=O)[C](O)=[W].[W].[W].[W].[W].[W].[W].[W].[W].[W].[W].[W].[W].[W]=[W].[W]=[W]. The first-order valence-corrected chi connectivity index (χ1v) is 25.2. The predicted octanol–water partition coefficient (Wildman–Crippen LogP) is -0.884. The van der Waals surface area contributed by atoms with Gasteiger partial charge in [0, 0.05) is 253 Å². The van der Waals surface area contributed by atoms with Gasteiger partial charge in [0.15, 0.2) is 0 Å². The number of carbonyl (C=O) groups excluding carboxylic acids is 1. The Morgan fingerprint density at radius 3 is 0.783 bits per heavy atom. The van der Waals surface area contributed by atoms with Gasteiger partial charge in [-0.1, -0.05) is 0 Å². The number of hydrogen-bond acceptors (Lipinski definition) is 2. The van der Waals surface area contributed by atoms with Crippen LogP contribution in [0.2, 0.25) is 0 Å². The van der Waals surface area contributed by atoms with Gasteiger partial charge in [0.2, 0.25) is 0 Å². The minimum absolute atomic E-state index is 0. The van der Waals surface area contributed by atoms with Gasteiger partial charge in [0.05, 0.1) is 0 Å². The average Bonchev–Trinajstić information content (AvgIpc) is 2.10. The molecule has 0 unspecified atom stereocenters. The van der Waals surface area contributed by atoms with Gasteiger partial charge in [-0.2, -0.15) is 0 Å². The molecular formula is C3HNO2W17-2. The summed E-state index contributed by atoms with van der Waals surface area (Å²) in [5, 5.41) is 16.4. The van der Waals surface area contributed by atoms with E-state index in [1.54, 1.807) is 64.9 Å². The Balaban J connectivity index is -0.00000000289. The van der Waals surface area contributed by atoms with E-state index in [1.165, 1.54) is 0 Å². The second-order valence-corrected chi connectivity index (χ2v) is 2.15. The van der Waals surface area contributed by atoms with Crippen molar-refractivity contribution in [3.05, 3.63) is 5.41 Å². The Labute approximate surface area is 358 Å². The number of aliphatic hydroxyl groups is 1. The van der Waals surface area contributed by atoms with E-state index in [2.05, 4.69) is 0 Å². The van der Waals surface area contributed by atoms with Crippen molar-refractivity contribution >= 4 is 16.1 Å². The Morgan fingerprint density at radius 1 is 0.652 bits per heavy atom. The van der Waals surface area contributed by atoms with Gasteiger partial charge < -0.3 is 0 Å². The Hall–Kier alpha value is 10.9. The fraction of sp³-hybridized carbons (Fsp3) is 0. The van der Waals surface area contributed by atoms with Crippen molar-refractivity contribution in [2.24, 2.45) is 0 Å². The zero-order valence-corrected chi connectivity index (χ0v) is 59.6. The van der Waals surface area contributed by atoms with E-state index in [0.717, 1.165) is 6.29 Å². The van der Waals surface area contributed by atoms with Crippen LogP contribution in [0.4, 0.5) is 0 Å². The summed E-state index contributed by atoms with van der Waals surface area (Å²) in [5.41, 5.74) is -0.699. The molecule has 0 aliphatic heterocycles. The summed E-state index contributed by atoms with van der Waals surface area (Å²) in [6, 6.07) is 0. The second-order valence-electron chi connectivity index (χ2n) is 0.756. The maximum absolute atomic E-state index is 9.37. The third kappa shape index (κ3) is 110. The molecule has 0 aromatic heterocycles. The van der Waals surface area contributed by atoms with Gasteiger partial charge in [-0.3, -0.25) is 0 Å². The molecular weight excluding hydrogens is 3210 g/mol. The van der Waals surface area contributed by atoms with Crippen molar-refractivity contribution in [2.75, 3.05) is 0 Å². The topological polar surface area (TPSA) is 59.6 Å². The van der Waals surface area contributed by atoms with Crippen molar-refractivity contribution in [1.29, 1.82) is 0 Å². The normalized spacial score (nSPS) is 2.65. The maximum atomic E-state index is 9.37. The van der Waals surface area contributed by atoms with E-state index in [-0.39, 0.29) is 257 Å². The van der Waals surface area contributed by atoms with Crippen molar-refractivity contribution in [2.45, 2.75) is 0 Å². The van der Waals surface area contributed by atoms with E-state index in [9.17, 15) is 4.79 Å². The molecule has 1 N–H and O–H groups in total. The van der Waals surface area contributed by atoms with Gasteiger partial charge in [-0.15, -0.1) is 0 Å². The van der Waals surface area contributed by atoms with E-state index in [1.807, 2.05) is 0 Å². The van der Waals surface area contributed by atoms with Crippen molar-refractivity contribution in [3.63, 3.8) is 0 Å². The molecule has 0 amide bonds. The molecule has 0 saturated carbocycles. The standard InChI is InChI=1S/C3HNO2.17W/c4-3(1-5)2-6;;;;;;;;;;;;;;;;;/h5H;;;;;;;;;;;;;;;;;/q-2;;;;;;;;;;;;;;;;;. The molecule has 20 heteroatoms. The van der Waals surface area contributed by atoms with Crippen LogP contribution in [0.3, 0.4) is 0 Å². The van der Waals surface area contributed by atoms with Crippen LogP contribution >= 0.6 is 0 Å². The van der Waals surface area contributed by atoms with E-state index in [0.29, 0.717) is 19.4 Å². The summed E-state index contributed by atoms with van der Waals surface area (Å²) in [4.78, 5) is 9.37. The molecule has 0 rings (SSSR count). The molecule has 134 valence electrons. The van der Waals surface area contributed by atoms with Gasteiger partial charge in [-0.25, -0.2) is 0 Å². The van der Waals surface area contributed by atoms with Gasteiger partial charge in [0.25, 0.3) is 0 Å². The molecule has 0 heterocycles. The summed E-state index contributed by atoms with van der Waals surface area (Å²) in [6.45, 7) is 0. The van der Waals surface area contributed by atoms with Crippen LogP contribution < -0.4 is 0 Å². The predicted molar refractivity (Wildman–Crippen MR) is 21.0 cm³/mol. The average molecular weight is 3210 g/mol. The zero-order valence-electron chi connectivity index (χ0n) is 9.74. The fourth-order valence-corrected chi connectivity index (χ4v) is 0.193. The van der Waals surface area contributed by atoms with Crippen LogP contribution in [0, 0.1) is 0 Å². The van der Waals surface area contributed by atoms with Crippen molar-refractivity contribution in [3.8, 4) is 0 Å². The molecule has 0 aromatic carbocycles. The molecule has 0 aromatic rings. The molecule has 0 radical (unpaired) electrons. The second kappa shape index (κ2) is 105.